The average molecular weight is 290 g/mol. The molecule has 1 aliphatic carbocycles. The van der Waals surface area contributed by atoms with Gasteiger partial charge in [0.2, 0.25) is 0 Å². The van der Waals surface area contributed by atoms with Crippen LogP contribution in [-0.2, 0) is 0 Å². The van der Waals surface area contributed by atoms with Gasteiger partial charge in [-0.1, -0.05) is 19.8 Å². The number of piperidine rings is 1. The minimum absolute atomic E-state index is 0.466. The summed E-state index contributed by atoms with van der Waals surface area (Å²) in [7, 11) is 0. The first-order valence-corrected chi connectivity index (χ1v) is 9.00. The number of nitriles is 1. The normalized spacial score (nSPS) is 44.2. The van der Waals surface area contributed by atoms with E-state index in [4.69, 9.17) is 0 Å². The van der Waals surface area contributed by atoms with Crippen molar-refractivity contribution in [3.63, 3.8) is 0 Å². The Morgan fingerprint density at radius 3 is 2.62 bits per heavy atom. The molecule has 2 atom stereocenters. The lowest BCUT2D eigenvalue weighted by molar-refractivity contribution is -0.123. The van der Waals surface area contributed by atoms with Gasteiger partial charge in [0.05, 0.1) is 17.1 Å². The van der Waals surface area contributed by atoms with Crippen LogP contribution < -0.4 is 0 Å². The van der Waals surface area contributed by atoms with Gasteiger partial charge in [0.25, 0.3) is 0 Å². The molecule has 2 saturated heterocycles. The molecule has 3 heteroatoms. The van der Waals surface area contributed by atoms with E-state index in [0.717, 1.165) is 51.0 Å². The van der Waals surface area contributed by atoms with Gasteiger partial charge in [0.1, 0.15) is 0 Å². The Morgan fingerprint density at radius 2 is 1.95 bits per heavy atom. The molecule has 1 saturated carbocycles. The Labute approximate surface area is 129 Å². The standard InChI is InChI=1S/C18H30N2O/c1-2-4-15-6-8-17(14-19,9-7-15)18(21)10-12-20-11-3-5-16(20)13-18/h15-16,21H,2-13H2,1H3. The largest absolute Gasteiger partial charge is 0.388 e. The fourth-order valence-corrected chi connectivity index (χ4v) is 5.22. The number of nitrogens with zero attached hydrogens (tertiary/aromatic N) is 2. The third-order valence-corrected chi connectivity index (χ3v) is 6.65. The SMILES string of the molecule is CCCC1CCC(C#N)(C2(O)CCN3CCCC3C2)CC1. The summed E-state index contributed by atoms with van der Waals surface area (Å²) in [5.74, 6) is 0.784. The maximum atomic E-state index is 11.4. The van der Waals surface area contributed by atoms with Gasteiger partial charge in [-0.3, -0.25) is 0 Å². The van der Waals surface area contributed by atoms with Gasteiger partial charge < -0.3 is 10.0 Å². The van der Waals surface area contributed by atoms with Gasteiger partial charge in [-0.15, -0.1) is 0 Å². The van der Waals surface area contributed by atoms with Crippen molar-refractivity contribution in [3.8, 4) is 6.07 Å². The monoisotopic (exact) mass is 290 g/mol. The molecule has 21 heavy (non-hydrogen) atoms. The van der Waals surface area contributed by atoms with Gasteiger partial charge in [0.15, 0.2) is 0 Å². The number of hydrogen-bond donors (Lipinski definition) is 1. The fraction of sp³-hybridized carbons (Fsp3) is 0.944. The summed E-state index contributed by atoms with van der Waals surface area (Å²) >= 11 is 0. The Kier molecular flexibility index (Phi) is 4.30. The van der Waals surface area contributed by atoms with E-state index in [2.05, 4.69) is 17.9 Å². The minimum Gasteiger partial charge on any atom is -0.388 e. The van der Waals surface area contributed by atoms with Crippen LogP contribution in [0.5, 0.6) is 0 Å². The summed E-state index contributed by atoms with van der Waals surface area (Å²) in [6.07, 6.45) is 10.7. The minimum atomic E-state index is -0.732. The molecule has 0 bridgehead atoms. The molecular formula is C18H30N2O. The van der Waals surface area contributed by atoms with E-state index in [1.54, 1.807) is 0 Å². The van der Waals surface area contributed by atoms with E-state index in [9.17, 15) is 10.4 Å². The second-order valence-electron chi connectivity index (χ2n) is 7.74. The van der Waals surface area contributed by atoms with Crippen molar-refractivity contribution in [1.29, 1.82) is 5.26 Å². The molecule has 0 amide bonds. The lowest BCUT2D eigenvalue weighted by atomic mass is 9.58. The Morgan fingerprint density at radius 1 is 1.19 bits per heavy atom. The third kappa shape index (κ3) is 2.62. The van der Waals surface area contributed by atoms with E-state index in [-0.39, 0.29) is 0 Å². The highest BCUT2D eigenvalue weighted by Crippen LogP contribution is 2.52. The molecule has 118 valence electrons. The molecule has 3 fully saturated rings. The number of aliphatic hydroxyl groups is 1. The average Bonchev–Trinajstić information content (AvgIpc) is 2.95. The molecule has 0 aromatic rings. The molecule has 2 aliphatic heterocycles. The molecule has 0 aromatic heterocycles. The highest BCUT2D eigenvalue weighted by Gasteiger charge is 2.55. The highest BCUT2D eigenvalue weighted by molar-refractivity contribution is 5.15. The summed E-state index contributed by atoms with van der Waals surface area (Å²) in [6.45, 7) is 4.43. The van der Waals surface area contributed by atoms with E-state index >= 15 is 0 Å². The van der Waals surface area contributed by atoms with E-state index < -0.39 is 11.0 Å². The summed E-state index contributed by atoms with van der Waals surface area (Å²) in [6, 6.07) is 3.13. The van der Waals surface area contributed by atoms with Crippen molar-refractivity contribution in [3.05, 3.63) is 0 Å². The highest BCUT2D eigenvalue weighted by atomic mass is 16.3. The molecule has 0 spiro atoms. The first kappa shape index (κ1) is 15.3. The van der Waals surface area contributed by atoms with Crippen molar-refractivity contribution < 1.29 is 5.11 Å². The van der Waals surface area contributed by atoms with Crippen LogP contribution in [0.1, 0.15) is 71.1 Å². The topological polar surface area (TPSA) is 47.3 Å². The van der Waals surface area contributed by atoms with E-state index in [0.29, 0.717) is 6.04 Å². The van der Waals surface area contributed by atoms with Gasteiger partial charge in [0, 0.05) is 12.6 Å². The van der Waals surface area contributed by atoms with Crippen LogP contribution in [0.3, 0.4) is 0 Å². The molecule has 3 rings (SSSR count). The number of rotatable bonds is 3. The first-order chi connectivity index (χ1) is 10.1. The van der Waals surface area contributed by atoms with Crippen molar-refractivity contribution in [2.24, 2.45) is 11.3 Å². The van der Waals surface area contributed by atoms with E-state index in [1.807, 2.05) is 0 Å². The maximum absolute atomic E-state index is 11.4. The molecule has 1 N–H and O–H groups in total. The Bertz CT molecular complexity index is 408. The molecule has 0 aromatic carbocycles. The lowest BCUT2D eigenvalue weighted by Gasteiger charge is -2.51. The zero-order valence-corrected chi connectivity index (χ0v) is 13.5. The smallest absolute Gasteiger partial charge is 0.0861 e. The Hall–Kier alpha value is -0.590. The fourth-order valence-electron chi connectivity index (χ4n) is 5.22. The van der Waals surface area contributed by atoms with Gasteiger partial charge in [-0.25, -0.2) is 0 Å². The van der Waals surface area contributed by atoms with Crippen LogP contribution in [0.4, 0.5) is 0 Å². The molecule has 2 heterocycles. The Balaban J connectivity index is 1.72. The number of hydrogen-bond acceptors (Lipinski definition) is 3. The van der Waals surface area contributed by atoms with Crippen LogP contribution in [0, 0.1) is 22.7 Å². The summed E-state index contributed by atoms with van der Waals surface area (Å²) in [4.78, 5) is 2.53. The summed E-state index contributed by atoms with van der Waals surface area (Å²) in [5.41, 5.74) is -1.20. The molecule has 0 radical (unpaired) electrons. The third-order valence-electron chi connectivity index (χ3n) is 6.65. The predicted octanol–water partition coefficient (Wildman–Crippen LogP) is 3.48. The second-order valence-corrected chi connectivity index (χ2v) is 7.74. The second kappa shape index (κ2) is 5.89. The van der Waals surface area contributed by atoms with E-state index in [1.165, 1.54) is 32.2 Å². The molecule has 3 nitrogen and oxygen atoms in total. The van der Waals surface area contributed by atoms with Crippen LogP contribution in [0.2, 0.25) is 0 Å². The maximum Gasteiger partial charge on any atom is 0.0861 e. The molecular weight excluding hydrogens is 260 g/mol. The van der Waals surface area contributed by atoms with Crippen LogP contribution in [0.25, 0.3) is 0 Å². The zero-order valence-electron chi connectivity index (χ0n) is 13.5. The van der Waals surface area contributed by atoms with Crippen LogP contribution >= 0.6 is 0 Å². The first-order valence-electron chi connectivity index (χ1n) is 9.00. The summed E-state index contributed by atoms with van der Waals surface area (Å²) < 4.78 is 0. The van der Waals surface area contributed by atoms with Crippen molar-refractivity contribution in [2.75, 3.05) is 13.1 Å². The van der Waals surface area contributed by atoms with Crippen molar-refractivity contribution >= 4 is 0 Å². The van der Waals surface area contributed by atoms with Crippen molar-refractivity contribution in [2.45, 2.75) is 82.8 Å². The van der Waals surface area contributed by atoms with Gasteiger partial charge in [-0.2, -0.15) is 5.26 Å². The van der Waals surface area contributed by atoms with Crippen LogP contribution in [0.15, 0.2) is 0 Å². The van der Waals surface area contributed by atoms with Gasteiger partial charge in [-0.05, 0) is 63.8 Å². The summed E-state index contributed by atoms with van der Waals surface area (Å²) in [5, 5.41) is 21.3. The molecule has 3 aliphatic rings. The lowest BCUT2D eigenvalue weighted by Crippen LogP contribution is -2.57. The van der Waals surface area contributed by atoms with Crippen LogP contribution in [-0.4, -0.2) is 34.7 Å². The zero-order chi connectivity index (χ0) is 14.9. The predicted molar refractivity (Wildman–Crippen MR) is 83.7 cm³/mol. The quantitative estimate of drug-likeness (QED) is 0.865. The van der Waals surface area contributed by atoms with Gasteiger partial charge >= 0.3 is 0 Å². The number of fused-ring (bicyclic) bond motifs is 1. The van der Waals surface area contributed by atoms with Crippen molar-refractivity contribution in [1.82, 2.24) is 4.90 Å². The molecule has 2 unspecified atom stereocenters.